The van der Waals surface area contributed by atoms with Crippen molar-refractivity contribution in [3.05, 3.63) is 0 Å². The van der Waals surface area contributed by atoms with Gasteiger partial charge in [-0.05, 0) is 38.3 Å². The lowest BCUT2D eigenvalue weighted by Crippen LogP contribution is -2.47. The van der Waals surface area contributed by atoms with Gasteiger partial charge in [0.1, 0.15) is 0 Å². The van der Waals surface area contributed by atoms with Crippen LogP contribution in [0.4, 0.5) is 0 Å². The second kappa shape index (κ2) is 4.58. The summed E-state index contributed by atoms with van der Waals surface area (Å²) in [4.78, 5) is 16.8. The van der Waals surface area contributed by atoms with Gasteiger partial charge < -0.3 is 10.6 Å². The standard InChI is InChI=1S/C13H23N3O/c14-8-10-7-13(17)16(9-10)12-4-6-15-5-2-1-3-11(12)15/h10-12H,1-9,14H2. The Morgan fingerprint density at radius 3 is 2.82 bits per heavy atom. The topological polar surface area (TPSA) is 49.6 Å². The molecule has 3 aliphatic heterocycles. The highest BCUT2D eigenvalue weighted by Crippen LogP contribution is 2.33. The van der Waals surface area contributed by atoms with Crippen LogP contribution in [0.5, 0.6) is 0 Å². The molecule has 4 heteroatoms. The summed E-state index contributed by atoms with van der Waals surface area (Å²) in [6, 6.07) is 1.13. The third kappa shape index (κ3) is 1.97. The Bertz CT molecular complexity index is 307. The predicted molar refractivity (Wildman–Crippen MR) is 66.5 cm³/mol. The molecule has 96 valence electrons. The smallest absolute Gasteiger partial charge is 0.223 e. The number of piperidine rings is 1. The molecule has 0 radical (unpaired) electrons. The van der Waals surface area contributed by atoms with Crippen LogP contribution < -0.4 is 5.73 Å². The zero-order valence-corrected chi connectivity index (χ0v) is 10.5. The summed E-state index contributed by atoms with van der Waals surface area (Å²) >= 11 is 0. The van der Waals surface area contributed by atoms with Crippen LogP contribution in [0.25, 0.3) is 0 Å². The van der Waals surface area contributed by atoms with Gasteiger partial charge in [-0.1, -0.05) is 6.42 Å². The summed E-state index contributed by atoms with van der Waals surface area (Å²) in [7, 11) is 0. The number of likely N-dealkylation sites (tertiary alicyclic amines) is 1. The molecule has 1 amide bonds. The van der Waals surface area contributed by atoms with Crippen molar-refractivity contribution < 1.29 is 4.79 Å². The van der Waals surface area contributed by atoms with E-state index in [0.29, 0.717) is 36.9 Å². The Hall–Kier alpha value is -0.610. The summed E-state index contributed by atoms with van der Waals surface area (Å²) in [5.74, 6) is 0.748. The molecule has 0 aromatic rings. The molecule has 3 aliphatic rings. The fraction of sp³-hybridized carbons (Fsp3) is 0.923. The van der Waals surface area contributed by atoms with Crippen molar-refractivity contribution in [1.82, 2.24) is 9.80 Å². The van der Waals surface area contributed by atoms with E-state index in [9.17, 15) is 4.79 Å². The van der Waals surface area contributed by atoms with E-state index in [1.165, 1.54) is 38.8 Å². The number of carbonyl (C=O) groups excluding carboxylic acids is 1. The minimum atomic E-state index is 0.345. The van der Waals surface area contributed by atoms with Gasteiger partial charge in [-0.3, -0.25) is 9.69 Å². The van der Waals surface area contributed by atoms with Gasteiger partial charge in [0.2, 0.25) is 5.91 Å². The van der Waals surface area contributed by atoms with Gasteiger partial charge in [0.25, 0.3) is 0 Å². The van der Waals surface area contributed by atoms with E-state index >= 15 is 0 Å². The maximum atomic E-state index is 12.1. The van der Waals surface area contributed by atoms with Gasteiger partial charge >= 0.3 is 0 Å². The molecule has 0 bridgehead atoms. The van der Waals surface area contributed by atoms with Crippen molar-refractivity contribution in [2.24, 2.45) is 11.7 Å². The van der Waals surface area contributed by atoms with Crippen LogP contribution in [0, 0.1) is 5.92 Å². The van der Waals surface area contributed by atoms with Gasteiger partial charge in [-0.2, -0.15) is 0 Å². The number of nitrogens with zero attached hydrogens (tertiary/aromatic N) is 2. The lowest BCUT2D eigenvalue weighted by Gasteiger charge is -2.36. The third-order valence-corrected chi connectivity index (χ3v) is 4.79. The van der Waals surface area contributed by atoms with Crippen LogP contribution >= 0.6 is 0 Å². The van der Waals surface area contributed by atoms with E-state index in [2.05, 4.69) is 9.80 Å². The van der Waals surface area contributed by atoms with Crippen molar-refractivity contribution in [1.29, 1.82) is 0 Å². The van der Waals surface area contributed by atoms with Gasteiger partial charge in [0, 0.05) is 31.6 Å². The van der Waals surface area contributed by atoms with Crippen LogP contribution in [-0.2, 0) is 4.79 Å². The van der Waals surface area contributed by atoms with Crippen molar-refractivity contribution in [3.8, 4) is 0 Å². The highest BCUT2D eigenvalue weighted by atomic mass is 16.2. The van der Waals surface area contributed by atoms with Crippen LogP contribution in [0.1, 0.15) is 32.1 Å². The number of fused-ring (bicyclic) bond motifs is 1. The Morgan fingerprint density at radius 2 is 2.06 bits per heavy atom. The number of hydrogen-bond donors (Lipinski definition) is 1. The maximum absolute atomic E-state index is 12.1. The number of hydrogen-bond acceptors (Lipinski definition) is 3. The second-order valence-corrected chi connectivity index (χ2v) is 5.81. The number of amides is 1. The van der Waals surface area contributed by atoms with Crippen LogP contribution in [0.2, 0.25) is 0 Å². The van der Waals surface area contributed by atoms with E-state index < -0.39 is 0 Å². The summed E-state index contributed by atoms with van der Waals surface area (Å²) in [6.45, 7) is 3.99. The molecule has 0 aliphatic carbocycles. The highest BCUT2D eigenvalue weighted by molar-refractivity contribution is 5.79. The van der Waals surface area contributed by atoms with E-state index in [0.717, 1.165) is 6.54 Å². The molecule has 3 heterocycles. The zero-order chi connectivity index (χ0) is 11.8. The van der Waals surface area contributed by atoms with E-state index in [1.54, 1.807) is 0 Å². The molecule has 3 saturated heterocycles. The molecule has 3 atom stereocenters. The van der Waals surface area contributed by atoms with Crippen LogP contribution in [0.15, 0.2) is 0 Å². The van der Waals surface area contributed by atoms with Crippen molar-refractivity contribution >= 4 is 5.91 Å². The monoisotopic (exact) mass is 237 g/mol. The molecule has 2 N–H and O–H groups in total. The SMILES string of the molecule is NCC1CC(=O)N(C2CCN3CCCCC23)C1. The largest absolute Gasteiger partial charge is 0.338 e. The van der Waals surface area contributed by atoms with Crippen LogP contribution in [-0.4, -0.2) is 54.0 Å². The molecule has 3 rings (SSSR count). The molecule has 0 spiro atoms. The van der Waals surface area contributed by atoms with Gasteiger partial charge in [-0.25, -0.2) is 0 Å². The average molecular weight is 237 g/mol. The molecule has 0 aromatic carbocycles. The van der Waals surface area contributed by atoms with Crippen molar-refractivity contribution in [3.63, 3.8) is 0 Å². The van der Waals surface area contributed by atoms with Crippen molar-refractivity contribution in [2.75, 3.05) is 26.2 Å². The summed E-state index contributed by atoms with van der Waals surface area (Å²) < 4.78 is 0. The molecule has 17 heavy (non-hydrogen) atoms. The Labute approximate surface area is 103 Å². The number of carbonyl (C=O) groups is 1. The van der Waals surface area contributed by atoms with Gasteiger partial charge in [0.15, 0.2) is 0 Å². The molecular formula is C13H23N3O. The quantitative estimate of drug-likeness (QED) is 0.757. The minimum absolute atomic E-state index is 0.345. The fourth-order valence-electron chi connectivity index (χ4n) is 3.87. The molecule has 3 unspecified atom stereocenters. The summed E-state index contributed by atoms with van der Waals surface area (Å²) in [5, 5.41) is 0. The average Bonchev–Trinajstić information content (AvgIpc) is 2.92. The van der Waals surface area contributed by atoms with E-state index in [1.807, 2.05) is 0 Å². The van der Waals surface area contributed by atoms with E-state index in [-0.39, 0.29) is 0 Å². The second-order valence-electron chi connectivity index (χ2n) is 5.81. The number of nitrogens with two attached hydrogens (primary N) is 1. The first-order valence-corrected chi connectivity index (χ1v) is 7.03. The summed E-state index contributed by atoms with van der Waals surface area (Å²) in [6.07, 6.45) is 5.80. The molecule has 0 aromatic heterocycles. The van der Waals surface area contributed by atoms with Gasteiger partial charge in [-0.15, -0.1) is 0 Å². The lowest BCUT2D eigenvalue weighted by molar-refractivity contribution is -0.130. The normalized spacial score (nSPS) is 38.8. The highest BCUT2D eigenvalue weighted by Gasteiger charge is 2.43. The van der Waals surface area contributed by atoms with Crippen molar-refractivity contribution in [2.45, 2.75) is 44.2 Å². The number of rotatable bonds is 2. The third-order valence-electron chi connectivity index (χ3n) is 4.79. The predicted octanol–water partition coefficient (Wildman–Crippen LogP) is 0.420. The minimum Gasteiger partial charge on any atom is -0.338 e. The van der Waals surface area contributed by atoms with E-state index in [4.69, 9.17) is 5.73 Å². The molecule has 4 nitrogen and oxygen atoms in total. The first-order valence-electron chi connectivity index (χ1n) is 7.03. The Kier molecular flexibility index (Phi) is 3.09. The Morgan fingerprint density at radius 1 is 1.18 bits per heavy atom. The molecule has 0 saturated carbocycles. The Balaban J connectivity index is 1.70. The molecular weight excluding hydrogens is 214 g/mol. The molecule has 3 fully saturated rings. The van der Waals surface area contributed by atoms with Crippen LogP contribution in [0.3, 0.4) is 0 Å². The summed E-state index contributed by atoms with van der Waals surface area (Å²) in [5.41, 5.74) is 5.70. The lowest BCUT2D eigenvalue weighted by atomic mass is 9.98. The first-order chi connectivity index (χ1) is 8.29. The first kappa shape index (κ1) is 11.5. The zero-order valence-electron chi connectivity index (χ0n) is 10.5. The van der Waals surface area contributed by atoms with Gasteiger partial charge in [0.05, 0.1) is 0 Å². The maximum Gasteiger partial charge on any atom is 0.223 e. The fourth-order valence-corrected chi connectivity index (χ4v) is 3.87.